The number of Topliss-reactive ketones (excluding diaryl/α,β-unsaturated/α-hetero) is 1. The number of carbonyl (C=O) groups is 2. The molecule has 0 saturated heterocycles. The van der Waals surface area contributed by atoms with Crippen LogP contribution in [0, 0.1) is 0 Å². The van der Waals surface area contributed by atoms with Crippen molar-refractivity contribution in [1.29, 1.82) is 0 Å². The number of fused-ring (bicyclic) bond motifs is 1. The van der Waals surface area contributed by atoms with Gasteiger partial charge in [-0.25, -0.2) is 0 Å². The second-order valence-electron chi connectivity index (χ2n) is 7.12. The molecule has 0 atom stereocenters. The third-order valence-electron chi connectivity index (χ3n) is 4.51. The minimum atomic E-state index is -0.602. The lowest BCUT2D eigenvalue weighted by molar-refractivity contribution is -0.117. The van der Waals surface area contributed by atoms with E-state index in [2.05, 4.69) is 11.4 Å². The maximum absolute atomic E-state index is 12.2. The van der Waals surface area contributed by atoms with E-state index in [-0.39, 0.29) is 0 Å². The highest BCUT2D eigenvalue weighted by atomic mass is 16.5. The van der Waals surface area contributed by atoms with Gasteiger partial charge in [0.05, 0.1) is 0 Å². The normalized spacial score (nSPS) is 10.8. The van der Waals surface area contributed by atoms with E-state index in [4.69, 9.17) is 9.47 Å². The summed E-state index contributed by atoms with van der Waals surface area (Å²) < 4.78 is 11.4. The maximum Gasteiger partial charge on any atom is 0.292 e. The van der Waals surface area contributed by atoms with Gasteiger partial charge in [0.1, 0.15) is 24.7 Å². The SMILES string of the molecule is CN(C)CCNC(=O)C(=O)c1ccc(OCCOc2ccc3ccccc3c2)cc1. The van der Waals surface area contributed by atoms with Crippen molar-refractivity contribution in [2.75, 3.05) is 40.4 Å². The van der Waals surface area contributed by atoms with Gasteiger partial charge in [-0.1, -0.05) is 30.3 Å². The van der Waals surface area contributed by atoms with Crippen LogP contribution in [0.25, 0.3) is 10.8 Å². The standard InChI is InChI=1S/C24H26N2O4/c1-26(2)14-13-25-24(28)23(27)19-8-10-21(11-9-19)29-15-16-30-22-12-7-18-5-3-4-6-20(18)17-22/h3-12,17H,13-16H2,1-2H3,(H,25,28). The van der Waals surface area contributed by atoms with E-state index < -0.39 is 11.7 Å². The fraction of sp³-hybridized carbons (Fsp3) is 0.250. The number of hydrogen-bond donors (Lipinski definition) is 1. The summed E-state index contributed by atoms with van der Waals surface area (Å²) in [4.78, 5) is 26.0. The Hall–Kier alpha value is -3.38. The predicted octanol–water partition coefficient (Wildman–Crippen LogP) is 3.16. The number of ether oxygens (including phenoxy) is 2. The molecule has 1 N–H and O–H groups in total. The summed E-state index contributed by atoms with van der Waals surface area (Å²) in [6.45, 7) is 1.86. The summed E-state index contributed by atoms with van der Waals surface area (Å²) in [6, 6.07) is 20.6. The fourth-order valence-electron chi connectivity index (χ4n) is 2.88. The van der Waals surface area contributed by atoms with Crippen molar-refractivity contribution in [3.8, 4) is 11.5 Å². The van der Waals surface area contributed by atoms with E-state index in [1.807, 2.05) is 55.4 Å². The van der Waals surface area contributed by atoms with Crippen molar-refractivity contribution in [2.45, 2.75) is 0 Å². The molecule has 0 aliphatic carbocycles. The maximum atomic E-state index is 12.2. The highest BCUT2D eigenvalue weighted by Crippen LogP contribution is 2.20. The van der Waals surface area contributed by atoms with Gasteiger partial charge >= 0.3 is 0 Å². The van der Waals surface area contributed by atoms with Gasteiger partial charge in [0.15, 0.2) is 0 Å². The first-order valence-electron chi connectivity index (χ1n) is 9.84. The van der Waals surface area contributed by atoms with Crippen LogP contribution in [0.2, 0.25) is 0 Å². The summed E-state index contributed by atoms with van der Waals surface area (Å²) in [5.41, 5.74) is 0.331. The zero-order valence-corrected chi connectivity index (χ0v) is 17.3. The van der Waals surface area contributed by atoms with Gasteiger partial charge in [0.25, 0.3) is 5.91 Å². The Bertz CT molecular complexity index is 1000. The Kier molecular flexibility index (Phi) is 7.40. The van der Waals surface area contributed by atoms with Gasteiger partial charge in [0.2, 0.25) is 5.78 Å². The lowest BCUT2D eigenvalue weighted by atomic mass is 10.1. The smallest absolute Gasteiger partial charge is 0.292 e. The number of benzene rings is 3. The lowest BCUT2D eigenvalue weighted by Gasteiger charge is -2.10. The van der Waals surface area contributed by atoms with Crippen LogP contribution < -0.4 is 14.8 Å². The molecule has 3 aromatic rings. The summed E-state index contributed by atoms with van der Waals surface area (Å²) in [6.07, 6.45) is 0. The Labute approximate surface area is 176 Å². The molecule has 3 rings (SSSR count). The number of amides is 1. The van der Waals surface area contributed by atoms with Gasteiger partial charge in [-0.15, -0.1) is 0 Å². The van der Waals surface area contributed by atoms with Gasteiger partial charge < -0.3 is 19.7 Å². The molecule has 0 unspecified atom stereocenters. The molecule has 0 heterocycles. The Morgan fingerprint density at radius 3 is 2.17 bits per heavy atom. The van der Waals surface area contributed by atoms with Crippen molar-refractivity contribution in [2.24, 2.45) is 0 Å². The number of rotatable bonds is 10. The van der Waals surface area contributed by atoms with Crippen molar-refractivity contribution < 1.29 is 19.1 Å². The van der Waals surface area contributed by atoms with Gasteiger partial charge in [-0.2, -0.15) is 0 Å². The molecule has 1 amide bonds. The third-order valence-corrected chi connectivity index (χ3v) is 4.51. The molecule has 0 aromatic heterocycles. The molecule has 30 heavy (non-hydrogen) atoms. The number of hydrogen-bond acceptors (Lipinski definition) is 5. The first-order valence-corrected chi connectivity index (χ1v) is 9.84. The van der Waals surface area contributed by atoms with Gasteiger partial charge in [0, 0.05) is 18.7 Å². The first kappa shape index (κ1) is 21.3. The van der Waals surface area contributed by atoms with Crippen LogP contribution in [0.15, 0.2) is 66.7 Å². The van der Waals surface area contributed by atoms with Gasteiger partial charge in [-0.05, 0) is 61.3 Å². The van der Waals surface area contributed by atoms with Crippen LogP contribution in [-0.2, 0) is 4.79 Å². The van der Waals surface area contributed by atoms with Crippen LogP contribution in [-0.4, -0.2) is 57.0 Å². The summed E-state index contributed by atoms with van der Waals surface area (Å²) in [5, 5.41) is 4.91. The zero-order chi connectivity index (χ0) is 21.3. The fourth-order valence-corrected chi connectivity index (χ4v) is 2.88. The average Bonchev–Trinajstić information content (AvgIpc) is 2.76. The van der Waals surface area contributed by atoms with Gasteiger partial charge in [-0.3, -0.25) is 9.59 Å². The average molecular weight is 406 g/mol. The van der Waals surface area contributed by atoms with E-state index in [9.17, 15) is 9.59 Å². The Morgan fingerprint density at radius 2 is 1.47 bits per heavy atom. The molecule has 0 aliphatic rings. The van der Waals surface area contributed by atoms with Crippen molar-refractivity contribution in [3.63, 3.8) is 0 Å². The quantitative estimate of drug-likeness (QED) is 0.318. The molecule has 6 heteroatoms. The monoisotopic (exact) mass is 406 g/mol. The molecule has 0 saturated carbocycles. The topological polar surface area (TPSA) is 67.9 Å². The van der Waals surface area contributed by atoms with E-state index in [1.54, 1.807) is 24.3 Å². The summed E-state index contributed by atoms with van der Waals surface area (Å²) in [5.74, 6) is 0.245. The van der Waals surface area contributed by atoms with Crippen LogP contribution >= 0.6 is 0 Å². The minimum absolute atomic E-state index is 0.331. The minimum Gasteiger partial charge on any atom is -0.490 e. The predicted molar refractivity (Wildman–Crippen MR) is 117 cm³/mol. The molecule has 156 valence electrons. The zero-order valence-electron chi connectivity index (χ0n) is 17.3. The molecular weight excluding hydrogens is 380 g/mol. The molecule has 0 spiro atoms. The molecule has 6 nitrogen and oxygen atoms in total. The van der Waals surface area contributed by atoms with E-state index in [0.29, 0.717) is 37.6 Å². The van der Waals surface area contributed by atoms with Crippen LogP contribution in [0.4, 0.5) is 0 Å². The molecule has 3 aromatic carbocycles. The molecule has 0 bridgehead atoms. The van der Waals surface area contributed by atoms with Crippen molar-refractivity contribution in [1.82, 2.24) is 10.2 Å². The second kappa shape index (κ2) is 10.4. The molecule has 0 radical (unpaired) electrons. The van der Waals surface area contributed by atoms with Crippen molar-refractivity contribution >= 4 is 22.5 Å². The largest absolute Gasteiger partial charge is 0.490 e. The van der Waals surface area contributed by atoms with Crippen LogP contribution in [0.5, 0.6) is 11.5 Å². The van der Waals surface area contributed by atoms with Crippen LogP contribution in [0.1, 0.15) is 10.4 Å². The summed E-state index contributed by atoms with van der Waals surface area (Å²) in [7, 11) is 3.80. The second-order valence-corrected chi connectivity index (χ2v) is 7.12. The number of likely N-dealkylation sites (N-methyl/N-ethyl adjacent to an activating group) is 1. The van der Waals surface area contributed by atoms with E-state index >= 15 is 0 Å². The Balaban J connectivity index is 1.43. The highest BCUT2D eigenvalue weighted by molar-refractivity contribution is 6.42. The van der Waals surface area contributed by atoms with E-state index in [1.165, 1.54) is 5.39 Å². The number of ketones is 1. The number of nitrogens with one attached hydrogen (secondary N) is 1. The molecule has 0 fully saturated rings. The molecule has 0 aliphatic heterocycles. The van der Waals surface area contributed by atoms with E-state index in [0.717, 1.165) is 11.1 Å². The number of carbonyl (C=O) groups excluding carboxylic acids is 2. The highest BCUT2D eigenvalue weighted by Gasteiger charge is 2.15. The number of nitrogens with zero attached hydrogens (tertiary/aromatic N) is 1. The van der Waals surface area contributed by atoms with Crippen molar-refractivity contribution in [3.05, 3.63) is 72.3 Å². The molecular formula is C24H26N2O4. The first-order chi connectivity index (χ1) is 14.5. The van der Waals surface area contributed by atoms with Crippen LogP contribution in [0.3, 0.4) is 0 Å². The third kappa shape index (κ3) is 6.06. The summed E-state index contributed by atoms with van der Waals surface area (Å²) >= 11 is 0. The Morgan fingerprint density at radius 1 is 0.833 bits per heavy atom. The lowest BCUT2D eigenvalue weighted by Crippen LogP contribution is -2.35.